The van der Waals surface area contributed by atoms with E-state index in [2.05, 4.69) is 136 Å². The molecule has 0 heterocycles. The van der Waals surface area contributed by atoms with Crippen LogP contribution >= 0.6 is 0 Å². The van der Waals surface area contributed by atoms with Crippen LogP contribution in [-0.4, -0.2) is 3.26 Å². The summed E-state index contributed by atoms with van der Waals surface area (Å²) in [5, 5.41) is 5.48. The largest absolute Gasteiger partial charge is 0.214 e. The molecule has 0 fully saturated rings. The van der Waals surface area contributed by atoms with Crippen molar-refractivity contribution < 1.29 is 23.9 Å². The van der Waals surface area contributed by atoms with Crippen LogP contribution in [-0.2, 0) is 34.7 Å². The molecule has 0 amide bonds. The molecule has 1 heteroatoms. The monoisotopic (exact) mass is 696 g/mol. The van der Waals surface area contributed by atoms with E-state index in [1.807, 2.05) is 30.3 Å². The van der Waals surface area contributed by atoms with Gasteiger partial charge in [-0.25, -0.2) is 12.1 Å². The van der Waals surface area contributed by atoms with Crippen LogP contribution < -0.4 is 0 Å². The van der Waals surface area contributed by atoms with Gasteiger partial charge in [-0.1, -0.05) is 76.9 Å². The van der Waals surface area contributed by atoms with E-state index in [1.54, 1.807) is 3.26 Å². The van der Waals surface area contributed by atoms with Gasteiger partial charge in [0.25, 0.3) is 0 Å². The molecule has 0 aliphatic carbocycles. The van der Waals surface area contributed by atoms with E-state index in [0.29, 0.717) is 11.8 Å². The molecular formula is C39H48Hf. The fraction of sp³-hybridized carbons (Fsp3) is 0.359. The molecule has 5 aromatic carbocycles. The number of benzene rings is 3. The maximum absolute atomic E-state index is 2.35. The summed E-state index contributed by atoms with van der Waals surface area (Å²) in [6.45, 7) is 22.7. The Bertz CT molecular complexity index is 1410. The second-order valence-corrected chi connectivity index (χ2v) is 15.5. The van der Waals surface area contributed by atoms with E-state index in [9.17, 15) is 0 Å². The molecule has 0 atom stereocenters. The molecular weight excluding hydrogens is 647 g/mol. The van der Waals surface area contributed by atoms with Crippen molar-refractivity contribution in [2.45, 2.75) is 86.0 Å². The van der Waals surface area contributed by atoms with Gasteiger partial charge >= 0.3 is 102 Å². The molecule has 0 aliphatic rings. The summed E-state index contributed by atoms with van der Waals surface area (Å²) in [6, 6.07) is 35.3. The minimum absolute atomic E-state index is 0.203. The quantitative estimate of drug-likeness (QED) is 0.130. The summed E-state index contributed by atoms with van der Waals surface area (Å²) < 4.78 is 1.61. The van der Waals surface area contributed by atoms with Gasteiger partial charge in [-0.05, 0) is 10.8 Å². The van der Waals surface area contributed by atoms with Gasteiger partial charge in [-0.3, -0.25) is 0 Å². The van der Waals surface area contributed by atoms with Gasteiger partial charge in [0.2, 0.25) is 0 Å². The topological polar surface area (TPSA) is 0 Å². The molecule has 0 saturated heterocycles. The van der Waals surface area contributed by atoms with E-state index in [-0.39, 0.29) is 10.8 Å². The van der Waals surface area contributed by atoms with E-state index >= 15 is 0 Å². The third-order valence-corrected chi connectivity index (χ3v) is 10.6. The summed E-state index contributed by atoms with van der Waals surface area (Å²) in [6.07, 6.45) is 0. The van der Waals surface area contributed by atoms with Gasteiger partial charge < -0.3 is 0 Å². The van der Waals surface area contributed by atoms with Crippen LogP contribution in [0.25, 0.3) is 21.5 Å². The normalized spacial score (nSPS) is 11.8. The Labute approximate surface area is 258 Å². The third-order valence-electron chi connectivity index (χ3n) is 7.46. The van der Waals surface area contributed by atoms with Gasteiger partial charge in [-0.15, -0.1) is 39.7 Å². The Hall–Kier alpha value is -2.38. The fourth-order valence-corrected chi connectivity index (χ4v) is 5.26. The van der Waals surface area contributed by atoms with E-state index in [4.69, 9.17) is 0 Å². The smallest absolute Gasteiger partial charge is 0.172 e. The van der Waals surface area contributed by atoms with E-state index in [0.717, 1.165) is 0 Å². The summed E-state index contributed by atoms with van der Waals surface area (Å²) in [5.41, 5.74) is 6.09. The first-order chi connectivity index (χ1) is 18.7. The molecule has 5 aromatic rings. The fourth-order valence-electron chi connectivity index (χ4n) is 4.66. The first kappa shape index (κ1) is 32.1. The summed E-state index contributed by atoms with van der Waals surface area (Å²) >= 11 is 1.17. The van der Waals surface area contributed by atoms with E-state index in [1.165, 1.54) is 67.7 Å². The van der Waals surface area contributed by atoms with Crippen LogP contribution in [0.2, 0.25) is 0 Å². The van der Waals surface area contributed by atoms with Crippen molar-refractivity contribution in [3.05, 3.63) is 119 Å². The molecule has 0 N–H and O–H groups in total. The first-order valence-corrected chi connectivity index (χ1v) is 16.5. The minimum atomic E-state index is 0.203. The molecule has 0 spiro atoms. The minimum Gasteiger partial charge on any atom is -0.214 e. The SMILES string of the molecule is CC(C)(C)c1ccc2c(c1)[cH-]c1cc(C(C)(C)C)ccc12.CC(C)[C](=[Hf+2])c1ccc(C(C)C)cc1.c1cc[cH-]c1. The van der Waals surface area contributed by atoms with Crippen LogP contribution in [0.4, 0.5) is 0 Å². The summed E-state index contributed by atoms with van der Waals surface area (Å²) in [4.78, 5) is 0. The zero-order valence-electron chi connectivity index (χ0n) is 26.4. The molecule has 0 unspecified atom stereocenters. The predicted molar refractivity (Wildman–Crippen MR) is 176 cm³/mol. The van der Waals surface area contributed by atoms with Gasteiger partial charge in [0.15, 0.2) is 0 Å². The second kappa shape index (κ2) is 13.5. The third kappa shape index (κ3) is 8.56. The van der Waals surface area contributed by atoms with Gasteiger partial charge in [-0.2, -0.15) is 18.2 Å². The van der Waals surface area contributed by atoms with Gasteiger partial charge in [0.1, 0.15) is 0 Å². The van der Waals surface area contributed by atoms with Crippen molar-refractivity contribution in [3.8, 4) is 0 Å². The van der Waals surface area contributed by atoms with Crippen molar-refractivity contribution >= 4 is 24.8 Å². The number of hydrogen-bond acceptors (Lipinski definition) is 0. The van der Waals surface area contributed by atoms with Gasteiger partial charge in [0, 0.05) is 0 Å². The van der Waals surface area contributed by atoms with Crippen LogP contribution in [0.3, 0.4) is 0 Å². The molecule has 5 rings (SSSR count). The number of rotatable bonds is 3. The molecule has 0 nitrogen and oxygen atoms in total. The molecule has 40 heavy (non-hydrogen) atoms. The predicted octanol–water partition coefficient (Wildman–Crippen LogP) is 11.2. The Morgan fingerprint density at radius 3 is 1.43 bits per heavy atom. The molecule has 0 saturated carbocycles. The zero-order chi connectivity index (χ0) is 29.7. The van der Waals surface area contributed by atoms with E-state index < -0.39 is 0 Å². The Morgan fingerprint density at radius 2 is 1.10 bits per heavy atom. The van der Waals surface area contributed by atoms with Crippen LogP contribution in [0, 0.1) is 5.92 Å². The van der Waals surface area contributed by atoms with Crippen LogP contribution in [0.1, 0.15) is 97.4 Å². The second-order valence-electron chi connectivity index (χ2n) is 13.6. The van der Waals surface area contributed by atoms with Gasteiger partial charge in [0.05, 0.1) is 0 Å². The standard InChI is InChI=1S/C21H25.C13H18.C5H5.Hf/c1-20(2,3)16-7-9-18-14(12-16)11-15-13-17(21(4,5)6)8-10-19(15)18;1-10(2)9-12-5-7-13(8-6-12)11(3)4;1-2-4-5-3-1;/h7-13H,1-6H3;5-8,10-11H,1-4H3;1-5H;/q-1;;-1;+2. The van der Waals surface area contributed by atoms with Crippen LogP contribution in [0.15, 0.2) is 97.1 Å². The average Bonchev–Trinajstić information content (AvgIpc) is 3.58. The van der Waals surface area contributed by atoms with Crippen molar-refractivity contribution in [2.75, 3.05) is 0 Å². The maximum Gasteiger partial charge on any atom is -0.172 e. The Kier molecular flexibility index (Phi) is 10.9. The number of hydrogen-bond donors (Lipinski definition) is 0. The first-order valence-electron chi connectivity index (χ1n) is 14.7. The maximum atomic E-state index is 2.35. The molecule has 0 bridgehead atoms. The van der Waals surface area contributed by atoms with Crippen molar-refractivity contribution in [2.24, 2.45) is 5.92 Å². The van der Waals surface area contributed by atoms with Crippen LogP contribution in [0.5, 0.6) is 0 Å². The molecule has 0 radical (unpaired) electrons. The Balaban J connectivity index is 0.000000199. The summed E-state index contributed by atoms with van der Waals surface area (Å²) in [7, 11) is 0. The average molecular weight is 695 g/mol. The van der Waals surface area contributed by atoms with Crippen molar-refractivity contribution in [1.29, 1.82) is 0 Å². The van der Waals surface area contributed by atoms with Crippen molar-refractivity contribution in [1.82, 2.24) is 0 Å². The Morgan fingerprint density at radius 1 is 0.650 bits per heavy atom. The molecule has 0 aromatic heterocycles. The molecule has 0 aliphatic heterocycles. The molecule has 208 valence electrons. The number of fused-ring (bicyclic) bond motifs is 3. The summed E-state index contributed by atoms with van der Waals surface area (Å²) in [5.74, 6) is 1.34. The zero-order valence-corrected chi connectivity index (χ0v) is 30.0. The van der Waals surface area contributed by atoms with Crippen molar-refractivity contribution in [3.63, 3.8) is 0 Å².